The zero-order valence-electron chi connectivity index (χ0n) is 12.4. The molecule has 4 heteroatoms. The second kappa shape index (κ2) is 6.27. The number of benzene rings is 1. The molecule has 0 atom stereocenters. The van der Waals surface area contributed by atoms with Gasteiger partial charge in [-0.3, -0.25) is 0 Å². The van der Waals surface area contributed by atoms with Crippen molar-refractivity contribution in [3.05, 3.63) is 51.4 Å². The van der Waals surface area contributed by atoms with Crippen molar-refractivity contribution in [1.29, 1.82) is 5.26 Å². The van der Waals surface area contributed by atoms with Crippen LogP contribution in [0.1, 0.15) is 31.9 Å². The molecule has 0 amide bonds. The Bertz CT molecular complexity index is 790. The molecule has 0 N–H and O–H groups in total. The largest absolute Gasteiger partial charge is 0.493 e. The summed E-state index contributed by atoms with van der Waals surface area (Å²) in [5, 5.41) is 9.65. The van der Waals surface area contributed by atoms with Gasteiger partial charge in [-0.1, -0.05) is 11.6 Å². The van der Waals surface area contributed by atoms with Gasteiger partial charge in [0.05, 0.1) is 6.61 Å². The third-order valence-electron chi connectivity index (χ3n) is 3.07. The third-order valence-corrected chi connectivity index (χ3v) is 3.07. The predicted octanol–water partition coefficient (Wildman–Crippen LogP) is 3.57. The van der Waals surface area contributed by atoms with Crippen molar-refractivity contribution in [1.82, 2.24) is 0 Å². The lowest BCUT2D eigenvalue weighted by Gasteiger charge is -2.10. The van der Waals surface area contributed by atoms with E-state index < -0.39 is 5.63 Å². The molecule has 0 spiro atoms. The highest BCUT2D eigenvalue weighted by Gasteiger charge is 2.10. The first-order valence-corrected chi connectivity index (χ1v) is 6.82. The first-order valence-electron chi connectivity index (χ1n) is 6.82. The molecule has 2 rings (SSSR count). The van der Waals surface area contributed by atoms with E-state index in [-0.39, 0.29) is 5.56 Å². The van der Waals surface area contributed by atoms with E-state index in [1.807, 2.05) is 32.9 Å². The Hall–Kier alpha value is -2.54. The van der Waals surface area contributed by atoms with E-state index >= 15 is 0 Å². The molecule has 0 radical (unpaired) electrons. The lowest BCUT2D eigenvalue weighted by molar-refractivity contribution is 0.337. The van der Waals surface area contributed by atoms with Gasteiger partial charge in [-0.2, -0.15) is 5.26 Å². The number of hydrogen-bond donors (Lipinski definition) is 0. The van der Waals surface area contributed by atoms with Crippen LogP contribution in [-0.2, 0) is 6.42 Å². The maximum absolute atomic E-state index is 11.6. The molecule has 0 aliphatic heterocycles. The molecule has 0 saturated carbocycles. The number of hydrogen-bond acceptors (Lipinski definition) is 4. The zero-order valence-corrected chi connectivity index (χ0v) is 12.4. The highest BCUT2D eigenvalue weighted by Crippen LogP contribution is 2.27. The summed E-state index contributed by atoms with van der Waals surface area (Å²) in [7, 11) is 0. The van der Waals surface area contributed by atoms with E-state index in [4.69, 9.17) is 14.4 Å². The maximum Gasteiger partial charge on any atom is 0.354 e. The topological polar surface area (TPSA) is 63.2 Å². The van der Waals surface area contributed by atoms with E-state index in [2.05, 4.69) is 6.08 Å². The maximum atomic E-state index is 11.6. The van der Waals surface area contributed by atoms with Crippen molar-refractivity contribution < 1.29 is 9.15 Å². The summed E-state index contributed by atoms with van der Waals surface area (Å²) in [4.78, 5) is 11.6. The zero-order chi connectivity index (χ0) is 15.4. The fraction of sp³-hybridized carbons (Fsp3) is 0.294. The molecule has 0 unspecified atom stereocenters. The van der Waals surface area contributed by atoms with Crippen LogP contribution in [-0.4, -0.2) is 6.61 Å². The number of nitriles is 1. The first kappa shape index (κ1) is 14.9. The first-order chi connectivity index (χ1) is 10.0. The van der Waals surface area contributed by atoms with Crippen LogP contribution < -0.4 is 10.4 Å². The molecule has 1 heterocycles. The quantitative estimate of drug-likeness (QED) is 0.635. The van der Waals surface area contributed by atoms with Crippen LogP contribution in [0.5, 0.6) is 5.75 Å². The van der Waals surface area contributed by atoms with Crippen molar-refractivity contribution in [3.8, 4) is 11.8 Å². The summed E-state index contributed by atoms with van der Waals surface area (Å²) >= 11 is 0. The van der Waals surface area contributed by atoms with Crippen LogP contribution in [0.2, 0.25) is 0 Å². The van der Waals surface area contributed by atoms with Crippen LogP contribution in [0.4, 0.5) is 0 Å². The summed E-state index contributed by atoms with van der Waals surface area (Å²) in [6, 6.07) is 7.03. The molecule has 108 valence electrons. The van der Waals surface area contributed by atoms with E-state index in [0.717, 1.165) is 17.4 Å². The van der Waals surface area contributed by atoms with Crippen molar-refractivity contribution >= 4 is 11.0 Å². The molecular formula is C17H17NO3. The Labute approximate surface area is 123 Å². The second-order valence-corrected chi connectivity index (χ2v) is 4.98. The molecule has 21 heavy (non-hydrogen) atoms. The van der Waals surface area contributed by atoms with Gasteiger partial charge in [-0.05, 0) is 44.9 Å². The van der Waals surface area contributed by atoms with Crippen LogP contribution in [0.3, 0.4) is 0 Å². The highest BCUT2D eigenvalue weighted by atomic mass is 16.5. The summed E-state index contributed by atoms with van der Waals surface area (Å²) in [5.74, 6) is 0.704. The average molecular weight is 283 g/mol. The van der Waals surface area contributed by atoms with Crippen LogP contribution in [0, 0.1) is 11.3 Å². The Kier molecular flexibility index (Phi) is 4.44. The third kappa shape index (κ3) is 3.32. The minimum absolute atomic E-state index is 0.0137. The van der Waals surface area contributed by atoms with Gasteiger partial charge in [0.2, 0.25) is 0 Å². The minimum atomic E-state index is -0.621. The molecule has 0 saturated heterocycles. The normalized spacial score (nSPS) is 10.2. The minimum Gasteiger partial charge on any atom is -0.493 e. The second-order valence-electron chi connectivity index (χ2n) is 4.98. The number of nitrogens with zero attached hydrogens (tertiary/aromatic N) is 1. The standard InChI is InChI=1S/C17H17NO3/c1-4-20-15-9-16-13(7-12(15)6-5-11(2)3)8-14(10-18)17(19)21-16/h5,7-9H,4,6H2,1-3H3. The van der Waals surface area contributed by atoms with Gasteiger partial charge in [0.25, 0.3) is 0 Å². The Morgan fingerprint density at radius 2 is 2.14 bits per heavy atom. The van der Waals surface area contributed by atoms with Crippen molar-refractivity contribution in [2.24, 2.45) is 0 Å². The van der Waals surface area contributed by atoms with E-state index in [1.165, 1.54) is 5.57 Å². The van der Waals surface area contributed by atoms with Gasteiger partial charge < -0.3 is 9.15 Å². The number of rotatable bonds is 4. The van der Waals surface area contributed by atoms with Gasteiger partial charge in [-0.15, -0.1) is 0 Å². The molecule has 1 aromatic carbocycles. The Balaban J connectivity index is 2.62. The smallest absolute Gasteiger partial charge is 0.354 e. The van der Waals surface area contributed by atoms with E-state index in [1.54, 1.807) is 12.1 Å². The summed E-state index contributed by atoms with van der Waals surface area (Å²) < 4.78 is 10.8. The fourth-order valence-corrected chi connectivity index (χ4v) is 2.04. The SMILES string of the molecule is CCOc1cc2oc(=O)c(C#N)cc2cc1CC=C(C)C. The lowest BCUT2D eigenvalue weighted by atomic mass is 10.1. The summed E-state index contributed by atoms with van der Waals surface area (Å²) in [6.07, 6.45) is 2.84. The van der Waals surface area contributed by atoms with Gasteiger partial charge in [0.15, 0.2) is 0 Å². The molecule has 2 aromatic rings. The van der Waals surface area contributed by atoms with Crippen molar-refractivity contribution in [3.63, 3.8) is 0 Å². The highest BCUT2D eigenvalue weighted by molar-refractivity contribution is 5.80. The molecule has 0 fully saturated rings. The van der Waals surface area contributed by atoms with Crippen molar-refractivity contribution in [2.75, 3.05) is 6.61 Å². The van der Waals surface area contributed by atoms with E-state index in [0.29, 0.717) is 17.9 Å². The monoisotopic (exact) mass is 283 g/mol. The van der Waals surface area contributed by atoms with E-state index in [9.17, 15) is 4.79 Å². The van der Waals surface area contributed by atoms with Crippen LogP contribution in [0.15, 0.2) is 39.1 Å². The van der Waals surface area contributed by atoms with Crippen LogP contribution in [0.25, 0.3) is 11.0 Å². The number of allylic oxidation sites excluding steroid dienone is 2. The Morgan fingerprint density at radius 1 is 1.38 bits per heavy atom. The van der Waals surface area contributed by atoms with Gasteiger partial charge in [-0.25, -0.2) is 4.79 Å². The Morgan fingerprint density at radius 3 is 2.76 bits per heavy atom. The molecule has 0 aliphatic carbocycles. The average Bonchev–Trinajstić information content (AvgIpc) is 2.44. The van der Waals surface area contributed by atoms with Gasteiger partial charge in [0.1, 0.15) is 23.0 Å². The molecular weight excluding hydrogens is 266 g/mol. The van der Waals surface area contributed by atoms with Crippen molar-refractivity contribution in [2.45, 2.75) is 27.2 Å². The summed E-state index contributed by atoms with van der Waals surface area (Å²) in [5.41, 5.74) is 2.05. The molecule has 4 nitrogen and oxygen atoms in total. The lowest BCUT2D eigenvalue weighted by Crippen LogP contribution is -2.04. The molecule has 0 aliphatic rings. The predicted molar refractivity (Wildman–Crippen MR) is 81.5 cm³/mol. The van der Waals surface area contributed by atoms with Gasteiger partial charge >= 0.3 is 5.63 Å². The number of ether oxygens (including phenoxy) is 1. The molecule has 0 bridgehead atoms. The van der Waals surface area contributed by atoms with Crippen LogP contribution >= 0.6 is 0 Å². The molecule has 1 aromatic heterocycles. The number of fused-ring (bicyclic) bond motifs is 1. The fourth-order valence-electron chi connectivity index (χ4n) is 2.04. The summed E-state index contributed by atoms with van der Waals surface area (Å²) in [6.45, 7) is 6.51. The van der Waals surface area contributed by atoms with Gasteiger partial charge in [0, 0.05) is 11.5 Å².